The zero-order chi connectivity index (χ0) is 11.5. The van der Waals surface area contributed by atoms with Crippen LogP contribution in [0.2, 0.25) is 0 Å². The molecule has 1 aromatic rings. The van der Waals surface area contributed by atoms with Crippen LogP contribution >= 0.6 is 0 Å². The molecule has 4 heteroatoms. The summed E-state index contributed by atoms with van der Waals surface area (Å²) in [6.45, 7) is 7.53. The van der Waals surface area contributed by atoms with Crippen LogP contribution in [-0.2, 0) is 0 Å². The number of anilines is 1. The number of H-pyrrole nitrogens is 1. The molecule has 0 amide bonds. The van der Waals surface area contributed by atoms with Gasteiger partial charge in [0.05, 0.1) is 0 Å². The summed E-state index contributed by atoms with van der Waals surface area (Å²) in [5, 5.41) is 0. The highest BCUT2D eigenvalue weighted by molar-refractivity contribution is 5.30. The van der Waals surface area contributed by atoms with Crippen LogP contribution in [-0.4, -0.2) is 23.1 Å². The minimum Gasteiger partial charge on any atom is -0.342 e. The van der Waals surface area contributed by atoms with Crippen molar-refractivity contribution in [2.24, 2.45) is 5.92 Å². The molecule has 0 bridgehead atoms. The van der Waals surface area contributed by atoms with Crippen LogP contribution in [0.25, 0.3) is 0 Å². The van der Waals surface area contributed by atoms with Gasteiger partial charge >= 0.3 is 0 Å². The molecule has 16 heavy (non-hydrogen) atoms. The third-order valence-corrected chi connectivity index (χ3v) is 3.03. The summed E-state index contributed by atoms with van der Waals surface area (Å²) in [7, 11) is 0. The second-order valence-electron chi connectivity index (χ2n) is 4.27. The predicted molar refractivity (Wildman–Crippen MR) is 64.7 cm³/mol. The van der Waals surface area contributed by atoms with E-state index >= 15 is 0 Å². The Morgan fingerprint density at radius 1 is 1.56 bits per heavy atom. The van der Waals surface area contributed by atoms with E-state index in [1.54, 1.807) is 0 Å². The SMILES string of the molecule is C=CC1CCN(c2nc(C)cc(=O)[nH]2)CC1. The van der Waals surface area contributed by atoms with Gasteiger partial charge in [-0.1, -0.05) is 6.08 Å². The lowest BCUT2D eigenvalue weighted by molar-refractivity contribution is 0.474. The molecule has 2 rings (SSSR count). The van der Waals surface area contributed by atoms with Gasteiger partial charge in [-0.05, 0) is 25.7 Å². The molecule has 4 nitrogen and oxygen atoms in total. The third-order valence-electron chi connectivity index (χ3n) is 3.03. The molecule has 0 unspecified atom stereocenters. The summed E-state index contributed by atoms with van der Waals surface area (Å²) in [6.07, 6.45) is 4.19. The quantitative estimate of drug-likeness (QED) is 0.766. The van der Waals surface area contributed by atoms with Crippen molar-refractivity contribution in [1.29, 1.82) is 0 Å². The summed E-state index contributed by atoms with van der Waals surface area (Å²) in [4.78, 5) is 20.6. The summed E-state index contributed by atoms with van der Waals surface area (Å²) in [5.74, 6) is 1.31. The van der Waals surface area contributed by atoms with E-state index in [-0.39, 0.29) is 5.56 Å². The number of allylic oxidation sites excluding steroid dienone is 1. The Bertz CT molecular complexity index is 430. The minimum atomic E-state index is -0.0756. The number of hydrogen-bond donors (Lipinski definition) is 1. The summed E-state index contributed by atoms with van der Waals surface area (Å²) in [6, 6.07) is 1.51. The summed E-state index contributed by atoms with van der Waals surface area (Å²) < 4.78 is 0. The number of aromatic amines is 1. The van der Waals surface area contributed by atoms with Gasteiger partial charge in [0.1, 0.15) is 0 Å². The maximum absolute atomic E-state index is 11.3. The lowest BCUT2D eigenvalue weighted by Gasteiger charge is -2.30. The van der Waals surface area contributed by atoms with Gasteiger partial charge in [-0.3, -0.25) is 9.78 Å². The first kappa shape index (κ1) is 10.9. The number of aromatic nitrogens is 2. The van der Waals surface area contributed by atoms with E-state index in [4.69, 9.17) is 0 Å². The maximum atomic E-state index is 11.3. The van der Waals surface area contributed by atoms with Crippen LogP contribution in [0.15, 0.2) is 23.5 Å². The fourth-order valence-corrected chi connectivity index (χ4v) is 2.06. The van der Waals surface area contributed by atoms with E-state index in [0.29, 0.717) is 11.9 Å². The Morgan fingerprint density at radius 2 is 2.25 bits per heavy atom. The van der Waals surface area contributed by atoms with Gasteiger partial charge in [-0.15, -0.1) is 6.58 Å². The number of nitrogens with zero attached hydrogens (tertiary/aromatic N) is 2. The molecule has 1 saturated heterocycles. The predicted octanol–water partition coefficient (Wildman–Crippen LogP) is 1.48. The van der Waals surface area contributed by atoms with E-state index in [1.165, 1.54) is 6.07 Å². The molecule has 1 N–H and O–H groups in total. The van der Waals surface area contributed by atoms with Gasteiger partial charge < -0.3 is 4.90 Å². The molecule has 0 radical (unpaired) electrons. The van der Waals surface area contributed by atoms with Gasteiger partial charge in [-0.25, -0.2) is 4.98 Å². The highest BCUT2D eigenvalue weighted by atomic mass is 16.1. The molecule has 1 fully saturated rings. The maximum Gasteiger partial charge on any atom is 0.252 e. The summed E-state index contributed by atoms with van der Waals surface area (Å²) >= 11 is 0. The molecule has 0 spiro atoms. The van der Waals surface area contributed by atoms with E-state index in [0.717, 1.165) is 31.6 Å². The first-order valence-electron chi connectivity index (χ1n) is 5.64. The standard InChI is InChI=1S/C12H17N3O/c1-3-10-4-6-15(7-5-10)12-13-9(2)8-11(16)14-12/h3,8,10H,1,4-7H2,2H3,(H,13,14,16). The van der Waals surface area contributed by atoms with E-state index < -0.39 is 0 Å². The molecule has 0 aromatic carbocycles. The van der Waals surface area contributed by atoms with Crippen molar-refractivity contribution in [3.05, 3.63) is 34.8 Å². The Kier molecular flexibility index (Phi) is 3.08. The fraction of sp³-hybridized carbons (Fsp3) is 0.500. The smallest absolute Gasteiger partial charge is 0.252 e. The number of rotatable bonds is 2. The molecule has 1 aliphatic rings. The molecule has 2 heterocycles. The van der Waals surface area contributed by atoms with Crippen molar-refractivity contribution in [3.8, 4) is 0 Å². The minimum absolute atomic E-state index is 0.0756. The zero-order valence-electron chi connectivity index (χ0n) is 9.57. The van der Waals surface area contributed by atoms with Crippen LogP contribution in [0, 0.1) is 12.8 Å². The van der Waals surface area contributed by atoms with Crippen LogP contribution < -0.4 is 10.5 Å². The van der Waals surface area contributed by atoms with Crippen molar-refractivity contribution >= 4 is 5.95 Å². The number of nitrogens with one attached hydrogen (secondary N) is 1. The third kappa shape index (κ3) is 2.32. The normalized spacial score (nSPS) is 17.4. The van der Waals surface area contributed by atoms with Gasteiger partial charge in [0.15, 0.2) is 0 Å². The average molecular weight is 219 g/mol. The Morgan fingerprint density at radius 3 is 2.81 bits per heavy atom. The Labute approximate surface area is 95.0 Å². The Balaban J connectivity index is 2.13. The molecule has 0 atom stereocenters. The molecular formula is C12H17N3O. The summed E-state index contributed by atoms with van der Waals surface area (Å²) in [5.41, 5.74) is 0.693. The highest BCUT2D eigenvalue weighted by Crippen LogP contribution is 2.20. The Hall–Kier alpha value is -1.58. The van der Waals surface area contributed by atoms with Gasteiger partial charge in [0, 0.05) is 24.8 Å². The monoisotopic (exact) mass is 219 g/mol. The lowest BCUT2D eigenvalue weighted by Crippen LogP contribution is -2.35. The highest BCUT2D eigenvalue weighted by Gasteiger charge is 2.18. The van der Waals surface area contributed by atoms with E-state index in [2.05, 4.69) is 21.4 Å². The first-order chi connectivity index (χ1) is 7.69. The average Bonchev–Trinajstić information content (AvgIpc) is 2.28. The topological polar surface area (TPSA) is 49.0 Å². The van der Waals surface area contributed by atoms with Crippen LogP contribution in [0.3, 0.4) is 0 Å². The van der Waals surface area contributed by atoms with Crippen LogP contribution in [0.5, 0.6) is 0 Å². The van der Waals surface area contributed by atoms with E-state index in [9.17, 15) is 4.79 Å². The number of piperidine rings is 1. The second kappa shape index (κ2) is 4.51. The molecule has 86 valence electrons. The van der Waals surface area contributed by atoms with Gasteiger partial charge in [0.2, 0.25) is 5.95 Å². The van der Waals surface area contributed by atoms with Crippen molar-refractivity contribution in [2.75, 3.05) is 18.0 Å². The largest absolute Gasteiger partial charge is 0.342 e. The van der Waals surface area contributed by atoms with Gasteiger partial charge in [-0.2, -0.15) is 0 Å². The van der Waals surface area contributed by atoms with Gasteiger partial charge in [0.25, 0.3) is 5.56 Å². The van der Waals surface area contributed by atoms with Crippen LogP contribution in [0.1, 0.15) is 18.5 Å². The van der Waals surface area contributed by atoms with E-state index in [1.807, 2.05) is 13.0 Å². The van der Waals surface area contributed by atoms with Crippen molar-refractivity contribution in [2.45, 2.75) is 19.8 Å². The lowest BCUT2D eigenvalue weighted by atomic mass is 9.97. The fourth-order valence-electron chi connectivity index (χ4n) is 2.06. The zero-order valence-corrected chi connectivity index (χ0v) is 9.57. The van der Waals surface area contributed by atoms with Crippen LogP contribution in [0.4, 0.5) is 5.95 Å². The molecule has 0 aliphatic carbocycles. The molecule has 1 aliphatic heterocycles. The number of hydrogen-bond acceptors (Lipinski definition) is 3. The first-order valence-corrected chi connectivity index (χ1v) is 5.64. The number of aryl methyl sites for hydroxylation is 1. The second-order valence-corrected chi connectivity index (χ2v) is 4.27. The van der Waals surface area contributed by atoms with Crippen molar-refractivity contribution in [1.82, 2.24) is 9.97 Å². The van der Waals surface area contributed by atoms with Crippen molar-refractivity contribution in [3.63, 3.8) is 0 Å². The van der Waals surface area contributed by atoms with Crippen molar-refractivity contribution < 1.29 is 0 Å². The molecule has 0 saturated carbocycles. The molecular weight excluding hydrogens is 202 g/mol. The molecule has 1 aromatic heterocycles.